The van der Waals surface area contributed by atoms with Crippen LogP contribution in [-0.4, -0.2) is 24.0 Å². The van der Waals surface area contributed by atoms with Gasteiger partial charge in [-0.3, -0.25) is 4.79 Å². The van der Waals surface area contributed by atoms with Crippen LogP contribution in [0.3, 0.4) is 0 Å². The van der Waals surface area contributed by atoms with Crippen molar-refractivity contribution in [1.82, 2.24) is 4.98 Å². The molecule has 0 bridgehead atoms. The highest BCUT2D eigenvalue weighted by Gasteiger charge is 2.32. The molecule has 2 aromatic rings. The Morgan fingerprint density at radius 3 is 3.12 bits per heavy atom. The van der Waals surface area contributed by atoms with E-state index >= 15 is 0 Å². The van der Waals surface area contributed by atoms with Gasteiger partial charge >= 0.3 is 0 Å². The molecule has 1 aliphatic carbocycles. The van der Waals surface area contributed by atoms with Crippen LogP contribution in [0.25, 0.3) is 11.3 Å². The summed E-state index contributed by atoms with van der Waals surface area (Å²) in [7, 11) is 0. The summed E-state index contributed by atoms with van der Waals surface area (Å²) in [5.41, 5.74) is 8.96. The van der Waals surface area contributed by atoms with Crippen molar-refractivity contribution in [3.05, 3.63) is 29.1 Å². The highest BCUT2D eigenvalue weighted by molar-refractivity contribution is 7.14. The Labute approximate surface area is 157 Å². The van der Waals surface area contributed by atoms with Crippen LogP contribution in [0.4, 0.5) is 5.13 Å². The first-order chi connectivity index (χ1) is 11.7. The highest BCUT2D eigenvalue weighted by Crippen LogP contribution is 2.34. The summed E-state index contributed by atoms with van der Waals surface area (Å²) < 4.78 is 5.54. The van der Waals surface area contributed by atoms with Crippen molar-refractivity contribution >= 4 is 34.8 Å². The van der Waals surface area contributed by atoms with E-state index in [0.29, 0.717) is 17.6 Å². The molecular formula is C18H22ClN3O2S. The number of thiazole rings is 1. The first kappa shape index (κ1) is 18.2. The molecule has 1 aromatic heterocycles. The van der Waals surface area contributed by atoms with E-state index in [0.717, 1.165) is 49.3 Å². The van der Waals surface area contributed by atoms with Crippen LogP contribution in [0.1, 0.15) is 24.8 Å². The molecule has 1 fully saturated rings. The van der Waals surface area contributed by atoms with Gasteiger partial charge in [-0.2, -0.15) is 0 Å². The minimum atomic E-state index is 0. The van der Waals surface area contributed by atoms with Crippen LogP contribution in [0, 0.1) is 11.8 Å². The number of rotatable bonds is 4. The van der Waals surface area contributed by atoms with Gasteiger partial charge in [0.2, 0.25) is 5.91 Å². The molecule has 0 spiro atoms. The number of benzene rings is 1. The van der Waals surface area contributed by atoms with Gasteiger partial charge in [-0.1, -0.05) is 6.42 Å². The van der Waals surface area contributed by atoms with Crippen molar-refractivity contribution in [3.8, 4) is 17.0 Å². The molecule has 1 saturated carbocycles. The van der Waals surface area contributed by atoms with Crippen molar-refractivity contribution in [2.75, 3.05) is 18.5 Å². The molecule has 0 radical (unpaired) electrons. The topological polar surface area (TPSA) is 77.2 Å². The molecule has 1 amide bonds. The summed E-state index contributed by atoms with van der Waals surface area (Å²) in [4.78, 5) is 17.0. The van der Waals surface area contributed by atoms with Crippen molar-refractivity contribution in [3.63, 3.8) is 0 Å². The van der Waals surface area contributed by atoms with Crippen LogP contribution in [0.2, 0.25) is 0 Å². The number of anilines is 1. The zero-order valence-electron chi connectivity index (χ0n) is 13.9. The Morgan fingerprint density at radius 1 is 1.40 bits per heavy atom. The van der Waals surface area contributed by atoms with Gasteiger partial charge in [-0.05, 0) is 49.1 Å². The number of nitrogens with one attached hydrogen (secondary N) is 1. The minimum Gasteiger partial charge on any atom is -0.493 e. The van der Waals surface area contributed by atoms with Gasteiger partial charge in [0.05, 0.1) is 12.3 Å². The predicted molar refractivity (Wildman–Crippen MR) is 103 cm³/mol. The van der Waals surface area contributed by atoms with Gasteiger partial charge in [-0.25, -0.2) is 4.98 Å². The number of carbonyl (C=O) groups excluding carboxylic acids is 1. The second-order valence-electron chi connectivity index (χ2n) is 6.48. The maximum absolute atomic E-state index is 12.5. The number of carbonyl (C=O) groups is 1. The molecule has 3 N–H and O–H groups in total. The molecule has 5 nitrogen and oxygen atoms in total. The summed E-state index contributed by atoms with van der Waals surface area (Å²) in [6, 6.07) is 6.15. The lowest BCUT2D eigenvalue weighted by molar-refractivity contribution is -0.120. The molecular weight excluding hydrogens is 358 g/mol. The molecule has 4 rings (SSSR count). The largest absolute Gasteiger partial charge is 0.493 e. The summed E-state index contributed by atoms with van der Waals surface area (Å²) in [5.74, 6) is 1.36. The van der Waals surface area contributed by atoms with Crippen molar-refractivity contribution in [1.29, 1.82) is 0 Å². The van der Waals surface area contributed by atoms with Crippen molar-refractivity contribution < 1.29 is 9.53 Å². The molecule has 1 aliphatic heterocycles. The molecule has 2 aliphatic rings. The van der Waals surface area contributed by atoms with E-state index in [1.54, 1.807) is 0 Å². The summed E-state index contributed by atoms with van der Waals surface area (Å²) in [6.45, 7) is 1.33. The zero-order chi connectivity index (χ0) is 16.5. The summed E-state index contributed by atoms with van der Waals surface area (Å²) in [6.07, 6.45) is 4.00. The van der Waals surface area contributed by atoms with Gasteiger partial charge in [0, 0.05) is 23.3 Å². The van der Waals surface area contributed by atoms with Gasteiger partial charge in [0.1, 0.15) is 5.75 Å². The maximum atomic E-state index is 12.5. The van der Waals surface area contributed by atoms with Gasteiger partial charge in [-0.15, -0.1) is 23.7 Å². The van der Waals surface area contributed by atoms with Crippen LogP contribution < -0.4 is 15.8 Å². The molecule has 25 heavy (non-hydrogen) atoms. The number of ether oxygens (including phenoxy) is 1. The molecule has 0 saturated heterocycles. The number of aromatic nitrogens is 1. The van der Waals surface area contributed by atoms with Crippen molar-refractivity contribution in [2.24, 2.45) is 17.6 Å². The Hall–Kier alpha value is -1.63. The Morgan fingerprint density at radius 2 is 2.28 bits per heavy atom. The predicted octanol–water partition coefficient (Wildman–Crippen LogP) is 3.48. The molecule has 2 heterocycles. The fourth-order valence-corrected chi connectivity index (χ4v) is 4.39. The standard InChI is InChI=1S/C18H21N3O2S.ClH/c19-9-13-2-1-3-14(13)17(22)21-18-20-15(10-24-18)11-4-5-16-12(8-11)6-7-23-16;/h4-5,8,10,13-14H,1-3,6-7,9,19H2,(H,20,21,22);1H/t13-,14-;/m1./s1. The van der Waals surface area contributed by atoms with Crippen molar-refractivity contribution in [2.45, 2.75) is 25.7 Å². The number of hydrogen-bond acceptors (Lipinski definition) is 5. The molecule has 0 unspecified atom stereocenters. The van der Waals surface area contributed by atoms with Gasteiger partial charge < -0.3 is 15.8 Å². The Balaban J connectivity index is 0.00000182. The minimum absolute atomic E-state index is 0. The third-order valence-electron chi connectivity index (χ3n) is 5.02. The number of halogens is 1. The maximum Gasteiger partial charge on any atom is 0.229 e. The van der Waals surface area contributed by atoms with Gasteiger partial charge in [0.25, 0.3) is 0 Å². The number of amides is 1. The van der Waals surface area contributed by atoms with Crippen LogP contribution in [-0.2, 0) is 11.2 Å². The number of fused-ring (bicyclic) bond motifs is 1. The fourth-order valence-electron chi connectivity index (χ4n) is 3.67. The average molecular weight is 380 g/mol. The highest BCUT2D eigenvalue weighted by atomic mass is 35.5. The number of nitrogens with zero attached hydrogens (tertiary/aromatic N) is 1. The molecule has 1 aromatic carbocycles. The summed E-state index contributed by atoms with van der Waals surface area (Å²) >= 11 is 1.47. The second kappa shape index (κ2) is 7.72. The fraction of sp³-hybridized carbons (Fsp3) is 0.444. The Bertz CT molecular complexity index is 765. The van der Waals surface area contributed by atoms with E-state index in [-0.39, 0.29) is 24.2 Å². The average Bonchev–Trinajstić information content (AvgIpc) is 3.33. The lowest BCUT2D eigenvalue weighted by Crippen LogP contribution is -2.29. The van der Waals surface area contributed by atoms with E-state index in [9.17, 15) is 4.79 Å². The third-order valence-corrected chi connectivity index (χ3v) is 5.78. The first-order valence-electron chi connectivity index (χ1n) is 8.47. The number of nitrogens with two attached hydrogens (primary N) is 1. The normalized spacial score (nSPS) is 21.3. The zero-order valence-corrected chi connectivity index (χ0v) is 15.5. The molecule has 7 heteroatoms. The van der Waals surface area contributed by atoms with Crippen LogP contribution >= 0.6 is 23.7 Å². The van der Waals surface area contributed by atoms with Crippen LogP contribution in [0.5, 0.6) is 5.75 Å². The quantitative estimate of drug-likeness (QED) is 0.852. The lowest BCUT2D eigenvalue weighted by atomic mass is 9.95. The second-order valence-corrected chi connectivity index (χ2v) is 7.34. The first-order valence-corrected chi connectivity index (χ1v) is 9.35. The number of hydrogen-bond donors (Lipinski definition) is 2. The SMILES string of the molecule is Cl.NC[C@H]1CCC[C@H]1C(=O)Nc1nc(-c2ccc3c(c2)CCO3)cs1. The third kappa shape index (κ3) is 3.66. The van der Waals surface area contributed by atoms with E-state index < -0.39 is 0 Å². The molecule has 134 valence electrons. The van der Waals surface area contributed by atoms with E-state index in [1.165, 1.54) is 16.9 Å². The van der Waals surface area contributed by atoms with E-state index in [1.807, 2.05) is 17.5 Å². The monoisotopic (exact) mass is 379 g/mol. The molecule has 2 atom stereocenters. The van der Waals surface area contributed by atoms with E-state index in [4.69, 9.17) is 10.5 Å². The smallest absolute Gasteiger partial charge is 0.229 e. The Kier molecular flexibility index (Phi) is 5.61. The van der Waals surface area contributed by atoms with E-state index in [2.05, 4.69) is 16.4 Å². The lowest BCUT2D eigenvalue weighted by Gasteiger charge is -2.16. The summed E-state index contributed by atoms with van der Waals surface area (Å²) in [5, 5.41) is 5.63. The van der Waals surface area contributed by atoms with Crippen LogP contribution in [0.15, 0.2) is 23.6 Å². The van der Waals surface area contributed by atoms with Gasteiger partial charge in [0.15, 0.2) is 5.13 Å².